The normalized spacial score (nSPS) is 31.1. The number of methoxy groups -OCH3 is 1. The summed E-state index contributed by atoms with van der Waals surface area (Å²) in [6.07, 6.45) is 4.54. The molecule has 1 heterocycles. The molecule has 1 aliphatic heterocycles. The van der Waals surface area contributed by atoms with E-state index < -0.39 is 0 Å². The predicted octanol–water partition coefficient (Wildman–Crippen LogP) is 0.734. The van der Waals surface area contributed by atoms with Crippen LogP contribution in [0.2, 0.25) is 0 Å². The van der Waals surface area contributed by atoms with Crippen molar-refractivity contribution in [2.45, 2.75) is 31.3 Å². The second kappa shape index (κ2) is 4.58. The molecule has 1 saturated heterocycles. The van der Waals surface area contributed by atoms with Gasteiger partial charge in [-0.2, -0.15) is 0 Å². The first kappa shape index (κ1) is 9.68. The van der Waals surface area contributed by atoms with Gasteiger partial charge in [-0.05, 0) is 32.4 Å². The highest BCUT2D eigenvalue weighted by Gasteiger charge is 2.29. The summed E-state index contributed by atoms with van der Waals surface area (Å²) < 4.78 is 5.43. The Kier molecular flexibility index (Phi) is 3.69. The third-order valence-electron chi connectivity index (χ3n) is 2.63. The van der Waals surface area contributed by atoms with Crippen LogP contribution in [-0.2, 0) is 9.53 Å². The lowest BCUT2D eigenvalue weighted by Gasteiger charge is -2.28. The Hall–Kier alpha value is -0.410. The molecule has 0 radical (unpaired) electrons. The van der Waals surface area contributed by atoms with Crippen LogP contribution in [0, 0.1) is 0 Å². The van der Waals surface area contributed by atoms with E-state index in [9.17, 15) is 4.79 Å². The van der Waals surface area contributed by atoms with Crippen molar-refractivity contribution in [3.8, 4) is 0 Å². The minimum Gasteiger partial charge on any atom is -0.378 e. The zero-order valence-corrected chi connectivity index (χ0v) is 7.64. The Bertz CT molecular complexity index is 139. The van der Waals surface area contributed by atoms with Crippen LogP contribution in [0.15, 0.2) is 0 Å². The van der Waals surface area contributed by atoms with Crippen molar-refractivity contribution in [3.05, 3.63) is 0 Å². The molecule has 0 aromatic rings. The van der Waals surface area contributed by atoms with Crippen molar-refractivity contribution in [1.82, 2.24) is 5.32 Å². The van der Waals surface area contributed by atoms with Gasteiger partial charge in [-0.3, -0.25) is 0 Å². The average molecular weight is 171 g/mol. The summed E-state index contributed by atoms with van der Waals surface area (Å²) in [6.45, 7) is 2.01. The van der Waals surface area contributed by atoms with E-state index in [0.717, 1.165) is 38.6 Å². The molecule has 1 fully saturated rings. The van der Waals surface area contributed by atoms with Crippen molar-refractivity contribution in [1.29, 1.82) is 0 Å². The third-order valence-corrected chi connectivity index (χ3v) is 2.63. The topological polar surface area (TPSA) is 38.3 Å². The molecule has 0 aliphatic carbocycles. The largest absolute Gasteiger partial charge is 0.378 e. The van der Waals surface area contributed by atoms with Crippen LogP contribution in [-0.4, -0.2) is 32.1 Å². The third kappa shape index (κ3) is 2.29. The number of nitrogens with one attached hydrogen (secondary N) is 1. The van der Waals surface area contributed by atoms with E-state index in [1.807, 2.05) is 0 Å². The number of carbonyl (C=O) groups excluding carboxylic acids is 1. The molecule has 0 amide bonds. The first-order chi connectivity index (χ1) is 5.83. The van der Waals surface area contributed by atoms with Crippen LogP contribution in [0.1, 0.15) is 25.7 Å². The molecule has 1 N–H and O–H groups in total. The fourth-order valence-electron chi connectivity index (χ4n) is 1.75. The monoisotopic (exact) mass is 171 g/mol. The van der Waals surface area contributed by atoms with Gasteiger partial charge in [0.1, 0.15) is 6.29 Å². The average Bonchev–Trinajstić information content (AvgIpc) is 2.32. The van der Waals surface area contributed by atoms with E-state index >= 15 is 0 Å². The summed E-state index contributed by atoms with van der Waals surface area (Å²) in [5.41, 5.74) is -0.175. The minimum absolute atomic E-state index is 0.175. The molecule has 1 rings (SSSR count). The maximum atomic E-state index is 10.4. The lowest BCUT2D eigenvalue weighted by molar-refractivity contribution is -0.114. The molecule has 0 aromatic carbocycles. The molecular weight excluding hydrogens is 154 g/mol. The summed E-state index contributed by atoms with van der Waals surface area (Å²) in [6, 6.07) is 0. The number of aldehydes is 1. The lowest BCUT2D eigenvalue weighted by Crippen LogP contribution is -2.32. The van der Waals surface area contributed by atoms with E-state index in [-0.39, 0.29) is 5.60 Å². The van der Waals surface area contributed by atoms with Crippen molar-refractivity contribution in [2.24, 2.45) is 0 Å². The Labute approximate surface area is 73.5 Å². The zero-order chi connectivity index (χ0) is 8.86. The quantitative estimate of drug-likeness (QED) is 0.636. The summed E-state index contributed by atoms with van der Waals surface area (Å²) in [4.78, 5) is 10.4. The zero-order valence-electron chi connectivity index (χ0n) is 7.64. The number of hydrogen-bond acceptors (Lipinski definition) is 3. The predicted molar refractivity (Wildman–Crippen MR) is 47.1 cm³/mol. The number of carbonyl (C=O) groups is 1. The highest BCUT2D eigenvalue weighted by molar-refractivity contribution is 5.51. The van der Waals surface area contributed by atoms with Gasteiger partial charge < -0.3 is 14.8 Å². The maximum Gasteiger partial charge on any atom is 0.122 e. The molecule has 3 heteroatoms. The van der Waals surface area contributed by atoms with Gasteiger partial charge in [-0.1, -0.05) is 0 Å². The van der Waals surface area contributed by atoms with Crippen LogP contribution in [0.25, 0.3) is 0 Å². The highest BCUT2D eigenvalue weighted by atomic mass is 16.5. The molecule has 0 aromatic heterocycles. The number of rotatable bonds is 3. The smallest absolute Gasteiger partial charge is 0.122 e. The van der Waals surface area contributed by atoms with Crippen LogP contribution >= 0.6 is 0 Å². The number of hydrogen-bond donors (Lipinski definition) is 1. The van der Waals surface area contributed by atoms with Gasteiger partial charge in [0.2, 0.25) is 0 Å². The molecule has 0 bridgehead atoms. The first-order valence-electron chi connectivity index (χ1n) is 4.52. The van der Waals surface area contributed by atoms with Crippen LogP contribution in [0.5, 0.6) is 0 Å². The Morgan fingerprint density at radius 1 is 1.50 bits per heavy atom. The summed E-state index contributed by atoms with van der Waals surface area (Å²) in [5, 5.41) is 3.30. The van der Waals surface area contributed by atoms with Gasteiger partial charge in [0, 0.05) is 13.5 Å². The Balaban J connectivity index is 2.54. The second-order valence-electron chi connectivity index (χ2n) is 3.36. The van der Waals surface area contributed by atoms with Crippen molar-refractivity contribution in [3.63, 3.8) is 0 Å². The highest BCUT2D eigenvalue weighted by Crippen LogP contribution is 2.25. The lowest BCUT2D eigenvalue weighted by atomic mass is 9.91. The van der Waals surface area contributed by atoms with Crippen molar-refractivity contribution in [2.75, 3.05) is 20.2 Å². The van der Waals surface area contributed by atoms with Gasteiger partial charge in [-0.25, -0.2) is 0 Å². The van der Waals surface area contributed by atoms with Crippen LogP contribution in [0.3, 0.4) is 0 Å². The molecule has 0 spiro atoms. The SMILES string of the molecule is COC1(CC=O)CCCNCC1. The van der Waals surface area contributed by atoms with Gasteiger partial charge in [0.05, 0.1) is 5.60 Å². The molecular formula is C9H17NO2. The van der Waals surface area contributed by atoms with Crippen LogP contribution < -0.4 is 5.32 Å². The molecule has 1 aliphatic rings. The molecule has 0 saturated carbocycles. The summed E-state index contributed by atoms with van der Waals surface area (Å²) in [7, 11) is 1.70. The van der Waals surface area contributed by atoms with Gasteiger partial charge in [0.25, 0.3) is 0 Å². The van der Waals surface area contributed by atoms with E-state index in [1.165, 1.54) is 0 Å². The van der Waals surface area contributed by atoms with Gasteiger partial charge in [0.15, 0.2) is 0 Å². The maximum absolute atomic E-state index is 10.4. The molecule has 1 atom stereocenters. The molecule has 12 heavy (non-hydrogen) atoms. The van der Waals surface area contributed by atoms with E-state index in [0.29, 0.717) is 6.42 Å². The molecule has 3 nitrogen and oxygen atoms in total. The van der Waals surface area contributed by atoms with Crippen molar-refractivity contribution < 1.29 is 9.53 Å². The molecule has 1 unspecified atom stereocenters. The summed E-state index contributed by atoms with van der Waals surface area (Å²) >= 11 is 0. The van der Waals surface area contributed by atoms with Gasteiger partial charge >= 0.3 is 0 Å². The van der Waals surface area contributed by atoms with E-state index in [2.05, 4.69) is 5.32 Å². The van der Waals surface area contributed by atoms with E-state index in [4.69, 9.17) is 4.74 Å². The Morgan fingerprint density at radius 2 is 2.33 bits per heavy atom. The van der Waals surface area contributed by atoms with Crippen LogP contribution in [0.4, 0.5) is 0 Å². The fourth-order valence-corrected chi connectivity index (χ4v) is 1.75. The van der Waals surface area contributed by atoms with E-state index in [1.54, 1.807) is 7.11 Å². The Morgan fingerprint density at radius 3 is 3.00 bits per heavy atom. The standard InChI is InChI=1S/C9H17NO2/c1-12-9(5-8-11)3-2-6-10-7-4-9/h8,10H,2-7H2,1H3. The second-order valence-corrected chi connectivity index (χ2v) is 3.36. The molecule has 70 valence electrons. The van der Waals surface area contributed by atoms with Crippen molar-refractivity contribution >= 4 is 6.29 Å². The van der Waals surface area contributed by atoms with Gasteiger partial charge in [-0.15, -0.1) is 0 Å². The first-order valence-corrected chi connectivity index (χ1v) is 4.52. The minimum atomic E-state index is -0.175. The fraction of sp³-hybridized carbons (Fsp3) is 0.889. The summed E-state index contributed by atoms with van der Waals surface area (Å²) in [5.74, 6) is 0. The number of ether oxygens (including phenoxy) is 1.